The van der Waals surface area contributed by atoms with E-state index in [1.165, 1.54) is 37.9 Å². The Bertz CT molecular complexity index is 1650. The van der Waals surface area contributed by atoms with Crippen LogP contribution in [0.3, 0.4) is 0 Å². The van der Waals surface area contributed by atoms with Crippen molar-refractivity contribution < 1.29 is 4.42 Å². The molecule has 180 valence electrons. The highest BCUT2D eigenvalue weighted by Gasteiger charge is 2.13. The van der Waals surface area contributed by atoms with Gasteiger partial charge in [-0.15, -0.1) is 5.10 Å². The summed E-state index contributed by atoms with van der Waals surface area (Å²) in [6.07, 6.45) is 17.5. The number of hydrogen-bond acceptors (Lipinski definition) is 6. The molecule has 1 aliphatic rings. The molecule has 0 amide bonds. The number of rotatable bonds is 6. The Balaban J connectivity index is 1.09. The van der Waals surface area contributed by atoms with E-state index >= 15 is 0 Å². The number of pyridine rings is 2. The first-order valence-corrected chi connectivity index (χ1v) is 12.4. The number of nitrogens with zero attached hydrogens (tertiary/aromatic N) is 8. The Labute approximate surface area is 207 Å². The molecule has 1 saturated heterocycles. The molecule has 0 aliphatic carbocycles. The van der Waals surface area contributed by atoms with Crippen LogP contribution in [-0.4, -0.2) is 51.9 Å². The topological polar surface area (TPSA) is 82.2 Å². The fourth-order valence-electron chi connectivity index (χ4n) is 5.10. The summed E-state index contributed by atoms with van der Waals surface area (Å²) in [7, 11) is 0. The van der Waals surface area contributed by atoms with Crippen LogP contribution < -0.4 is 0 Å². The van der Waals surface area contributed by atoms with Gasteiger partial charge in [0.2, 0.25) is 0 Å². The first-order chi connectivity index (χ1) is 17.8. The lowest BCUT2D eigenvalue weighted by molar-refractivity contribution is 0.220. The third kappa shape index (κ3) is 3.97. The quantitative estimate of drug-likeness (QED) is 0.349. The third-order valence-corrected chi connectivity index (χ3v) is 6.89. The molecule has 0 saturated carbocycles. The van der Waals surface area contributed by atoms with E-state index in [-0.39, 0.29) is 0 Å². The minimum Gasteiger partial charge on any atom is -0.463 e. The molecule has 0 atom stereocenters. The zero-order valence-corrected chi connectivity index (χ0v) is 19.9. The Morgan fingerprint density at radius 2 is 1.86 bits per heavy atom. The molecule has 0 unspecified atom stereocenters. The zero-order valence-electron chi connectivity index (χ0n) is 19.9. The van der Waals surface area contributed by atoms with Crippen molar-refractivity contribution in [3.05, 3.63) is 85.0 Å². The number of aromatic nitrogens is 7. The molecule has 7 heterocycles. The van der Waals surface area contributed by atoms with Crippen LogP contribution in [0.25, 0.3) is 33.7 Å². The third-order valence-electron chi connectivity index (χ3n) is 6.89. The van der Waals surface area contributed by atoms with E-state index in [2.05, 4.69) is 59.8 Å². The van der Waals surface area contributed by atoms with Gasteiger partial charge in [0.05, 0.1) is 42.1 Å². The largest absolute Gasteiger partial charge is 0.463 e. The van der Waals surface area contributed by atoms with Crippen molar-refractivity contribution in [2.24, 2.45) is 0 Å². The van der Waals surface area contributed by atoms with Crippen LogP contribution in [0.2, 0.25) is 0 Å². The summed E-state index contributed by atoms with van der Waals surface area (Å²) in [5, 5.41) is 8.74. The van der Waals surface area contributed by atoms with Gasteiger partial charge in [-0.25, -0.2) is 9.67 Å². The van der Waals surface area contributed by atoms with Gasteiger partial charge < -0.3 is 13.4 Å². The van der Waals surface area contributed by atoms with Crippen LogP contribution in [0.1, 0.15) is 30.5 Å². The zero-order chi connectivity index (χ0) is 23.9. The van der Waals surface area contributed by atoms with Crippen molar-refractivity contribution in [1.82, 2.24) is 38.8 Å². The normalized spacial score (nSPS) is 14.8. The van der Waals surface area contributed by atoms with Crippen LogP contribution in [0.5, 0.6) is 0 Å². The van der Waals surface area contributed by atoms with Gasteiger partial charge in [-0.1, -0.05) is 17.7 Å². The van der Waals surface area contributed by atoms with E-state index in [4.69, 9.17) is 9.40 Å². The summed E-state index contributed by atoms with van der Waals surface area (Å²) in [6.45, 7) is 3.94. The van der Waals surface area contributed by atoms with E-state index < -0.39 is 0 Å². The van der Waals surface area contributed by atoms with Crippen LogP contribution in [0, 0.1) is 0 Å². The highest BCUT2D eigenvalue weighted by Crippen LogP contribution is 2.24. The average molecular weight is 479 g/mol. The van der Waals surface area contributed by atoms with E-state index in [0.717, 1.165) is 45.9 Å². The summed E-state index contributed by atoms with van der Waals surface area (Å²) < 4.78 is 11.5. The minimum absolute atomic E-state index is 0.552. The van der Waals surface area contributed by atoms with Gasteiger partial charge in [-0.2, -0.15) is 0 Å². The molecule has 0 N–H and O–H groups in total. The van der Waals surface area contributed by atoms with E-state index in [0.29, 0.717) is 6.54 Å². The molecule has 1 aliphatic heterocycles. The second-order valence-corrected chi connectivity index (χ2v) is 9.46. The average Bonchev–Trinajstić information content (AvgIpc) is 3.69. The SMILES string of the molecule is c1cc2c(ccn2-c2cncc(-c3cn(Cc4cn5cc(CN6CCCCC6)ccc5n4)nn3)c2)o1. The fraction of sp³-hybridized carbons (Fsp3) is 0.259. The maximum absolute atomic E-state index is 5.48. The van der Waals surface area contributed by atoms with Crippen LogP contribution in [0.15, 0.2) is 78.2 Å². The Hall–Kier alpha value is -4.24. The van der Waals surface area contributed by atoms with Crippen molar-refractivity contribution in [3.8, 4) is 16.9 Å². The molecule has 0 aromatic carbocycles. The second-order valence-electron chi connectivity index (χ2n) is 9.46. The number of furan rings is 1. The lowest BCUT2D eigenvalue weighted by atomic mass is 10.1. The predicted molar refractivity (Wildman–Crippen MR) is 136 cm³/mol. The summed E-state index contributed by atoms with van der Waals surface area (Å²) in [4.78, 5) is 11.8. The molecule has 0 bridgehead atoms. The molecule has 7 rings (SSSR count). The highest BCUT2D eigenvalue weighted by atomic mass is 16.3. The van der Waals surface area contributed by atoms with Crippen molar-refractivity contribution in [3.63, 3.8) is 0 Å². The summed E-state index contributed by atoms with van der Waals surface area (Å²) in [5.74, 6) is 0. The number of likely N-dealkylation sites (tertiary alicyclic amines) is 1. The molecule has 9 heteroatoms. The fourth-order valence-corrected chi connectivity index (χ4v) is 5.10. The second kappa shape index (κ2) is 8.76. The summed E-state index contributed by atoms with van der Waals surface area (Å²) in [6, 6.07) is 10.2. The molecule has 0 radical (unpaired) electrons. The molecule has 0 spiro atoms. The van der Waals surface area contributed by atoms with Crippen molar-refractivity contribution in [1.29, 1.82) is 0 Å². The number of hydrogen-bond donors (Lipinski definition) is 0. The monoisotopic (exact) mass is 478 g/mol. The van der Waals surface area contributed by atoms with Crippen molar-refractivity contribution in [2.45, 2.75) is 32.4 Å². The lowest BCUT2D eigenvalue weighted by Gasteiger charge is -2.26. The molecule has 6 aromatic rings. The molecular formula is C27H26N8O. The number of fused-ring (bicyclic) bond motifs is 2. The van der Waals surface area contributed by atoms with Crippen molar-refractivity contribution in [2.75, 3.05) is 13.1 Å². The van der Waals surface area contributed by atoms with Crippen LogP contribution in [0.4, 0.5) is 0 Å². The highest BCUT2D eigenvalue weighted by molar-refractivity contribution is 5.76. The van der Waals surface area contributed by atoms with Gasteiger partial charge in [0.25, 0.3) is 0 Å². The smallest absolute Gasteiger partial charge is 0.152 e. The van der Waals surface area contributed by atoms with Gasteiger partial charge in [-0.05, 0) is 49.7 Å². The van der Waals surface area contributed by atoms with E-state index in [9.17, 15) is 0 Å². The molecule has 9 nitrogen and oxygen atoms in total. The molecule has 36 heavy (non-hydrogen) atoms. The maximum Gasteiger partial charge on any atom is 0.152 e. The van der Waals surface area contributed by atoms with E-state index in [1.807, 2.05) is 41.6 Å². The Kier molecular flexibility index (Phi) is 5.13. The number of imidazole rings is 1. The van der Waals surface area contributed by atoms with Gasteiger partial charge in [-0.3, -0.25) is 9.88 Å². The van der Waals surface area contributed by atoms with Gasteiger partial charge in [0.1, 0.15) is 11.3 Å². The first kappa shape index (κ1) is 21.1. The maximum atomic E-state index is 5.48. The molecule has 1 fully saturated rings. The van der Waals surface area contributed by atoms with Gasteiger partial charge in [0, 0.05) is 43.0 Å². The van der Waals surface area contributed by atoms with Gasteiger partial charge in [0.15, 0.2) is 5.58 Å². The van der Waals surface area contributed by atoms with Crippen LogP contribution >= 0.6 is 0 Å². The first-order valence-electron chi connectivity index (χ1n) is 12.4. The Morgan fingerprint density at radius 3 is 2.81 bits per heavy atom. The standard InChI is InChI=1S/C27H26N8O/c1-2-8-32(9-3-1)15-20-4-5-27-29-22(17-33(27)16-20)18-34-19-24(30-31-34)21-12-23(14-28-13-21)35-10-6-26-25(35)7-11-36-26/h4-7,10-14,16-17,19H,1-3,8-9,15,18H2. The molecule has 6 aromatic heterocycles. The summed E-state index contributed by atoms with van der Waals surface area (Å²) in [5.41, 5.74) is 7.68. The minimum atomic E-state index is 0.552. The van der Waals surface area contributed by atoms with E-state index in [1.54, 1.807) is 6.26 Å². The lowest BCUT2D eigenvalue weighted by Crippen LogP contribution is -2.29. The predicted octanol–water partition coefficient (Wildman–Crippen LogP) is 4.56. The van der Waals surface area contributed by atoms with Gasteiger partial charge >= 0.3 is 0 Å². The summed E-state index contributed by atoms with van der Waals surface area (Å²) >= 11 is 0. The van der Waals surface area contributed by atoms with Crippen molar-refractivity contribution >= 4 is 16.7 Å². The molecular weight excluding hydrogens is 452 g/mol. The number of piperidine rings is 1. The van der Waals surface area contributed by atoms with Crippen LogP contribution in [-0.2, 0) is 13.1 Å². The Morgan fingerprint density at radius 1 is 0.917 bits per heavy atom.